The van der Waals surface area contributed by atoms with E-state index in [1.807, 2.05) is 0 Å². The fourth-order valence-corrected chi connectivity index (χ4v) is 5.14. The molecule has 2 fully saturated rings. The number of halogens is 4. The normalized spacial score (nSPS) is 31.6. The van der Waals surface area contributed by atoms with Crippen LogP contribution in [0.25, 0.3) is 16.2 Å². The number of alkyl halides is 4. The van der Waals surface area contributed by atoms with Gasteiger partial charge < -0.3 is 47.1 Å². The predicted octanol–water partition coefficient (Wildman–Crippen LogP) is -2.06. The van der Waals surface area contributed by atoms with Gasteiger partial charge in [-0.05, 0) is 5.43 Å². The first-order chi connectivity index (χ1) is 21.4. The number of aromatic nitrogens is 8. The number of hydrogen-bond acceptors (Lipinski definition) is 16. The summed E-state index contributed by atoms with van der Waals surface area (Å²) < 4.78 is 70.4. The van der Waals surface area contributed by atoms with Crippen molar-refractivity contribution in [2.75, 3.05) is 35.8 Å². The molecule has 240 valence electrons. The van der Waals surface area contributed by atoms with Crippen molar-refractivity contribution in [3.8, 4) is 6.07 Å². The molecule has 0 saturated carbocycles. The molecule has 0 bridgehead atoms. The molecule has 0 radical (unpaired) electrons. The summed E-state index contributed by atoms with van der Waals surface area (Å²) in [5, 5.41) is 48.3. The first-order valence-electron chi connectivity index (χ1n) is 12.9. The number of nitrogens with two attached hydrogens (primary N) is 3. The van der Waals surface area contributed by atoms with Crippen LogP contribution in [-0.4, -0.2) is 115 Å². The molecule has 2 aliphatic heterocycles. The van der Waals surface area contributed by atoms with Crippen LogP contribution in [0.4, 0.5) is 41.1 Å². The van der Waals surface area contributed by atoms with Crippen molar-refractivity contribution in [1.29, 1.82) is 0 Å². The van der Waals surface area contributed by atoms with E-state index in [1.54, 1.807) is 0 Å². The van der Waals surface area contributed by atoms with Gasteiger partial charge in [-0.1, -0.05) is 0 Å². The molecule has 6 heterocycles. The van der Waals surface area contributed by atoms with Crippen LogP contribution < -0.4 is 22.6 Å². The van der Waals surface area contributed by atoms with Gasteiger partial charge >= 0.3 is 12.0 Å². The second kappa shape index (κ2) is 10.7. The maximum Gasteiger partial charge on any atom is 0.360 e. The Balaban J connectivity index is 1.29. The minimum atomic E-state index is -3.45. The summed E-state index contributed by atoms with van der Waals surface area (Å²) in [7, 11) is 0. The summed E-state index contributed by atoms with van der Waals surface area (Å²) in [5.74, 6) is -1.10. The van der Waals surface area contributed by atoms with Gasteiger partial charge in [0.15, 0.2) is 40.9 Å². The maximum atomic E-state index is 15.4. The van der Waals surface area contributed by atoms with Gasteiger partial charge in [-0.15, -0.1) is 10.2 Å². The third kappa shape index (κ3) is 4.49. The lowest BCUT2D eigenvalue weighted by Crippen LogP contribution is -2.51. The van der Waals surface area contributed by atoms with E-state index < -0.39 is 73.5 Å². The van der Waals surface area contributed by atoms with Crippen LogP contribution in [0.1, 0.15) is 23.6 Å². The van der Waals surface area contributed by atoms with E-state index in [0.717, 1.165) is 15.2 Å². The van der Waals surface area contributed by atoms with Gasteiger partial charge in [0, 0.05) is 0 Å². The molecule has 23 heteroatoms. The third-order valence-corrected chi connectivity index (χ3v) is 7.52. The molecular formula is C22H24F4N13O6+. The van der Waals surface area contributed by atoms with E-state index in [9.17, 15) is 29.2 Å². The van der Waals surface area contributed by atoms with E-state index >= 15 is 8.78 Å². The van der Waals surface area contributed by atoms with Crippen molar-refractivity contribution in [1.82, 2.24) is 39.2 Å². The number of aliphatic hydroxyl groups is 4. The van der Waals surface area contributed by atoms with E-state index in [4.69, 9.17) is 26.7 Å². The second-order valence-corrected chi connectivity index (χ2v) is 10.2. The average molecular weight is 643 g/mol. The Morgan fingerprint density at radius 2 is 1.49 bits per heavy atom. The number of imidazole rings is 2. The smallest absolute Gasteiger partial charge is 0.360 e. The highest BCUT2D eigenvalue weighted by Crippen LogP contribution is 2.45. The fourth-order valence-electron chi connectivity index (χ4n) is 5.14. The highest BCUT2D eigenvalue weighted by molar-refractivity contribution is 5.62. The number of aliphatic hydroxyl groups excluding tert-OH is 4. The first-order valence-corrected chi connectivity index (χ1v) is 12.9. The number of ether oxygens (including phenoxy) is 2. The molecule has 2 saturated heterocycles. The Morgan fingerprint density at radius 3 is 2.07 bits per heavy atom. The third-order valence-electron chi connectivity index (χ3n) is 7.52. The second-order valence-electron chi connectivity index (χ2n) is 10.2. The molecule has 8 atom stereocenters. The number of anilines is 4. The van der Waals surface area contributed by atoms with Crippen molar-refractivity contribution in [2.45, 2.75) is 54.4 Å². The SMILES string of the molecule is Nc1nc(N)c2ncc([C@@H]3O[C@](C#[N+]Nc4nc(N)c5ncc([C@@H]6O[C@@](CO)(C(F)F)[C@@H](O)[C@H]6F)n5n4)(CO)[C@@H](O)[C@H]3F)n2n1. The van der Waals surface area contributed by atoms with Crippen LogP contribution in [0.2, 0.25) is 0 Å². The van der Waals surface area contributed by atoms with Crippen LogP contribution in [0, 0.1) is 6.07 Å². The molecular weight excluding hydrogens is 618 g/mol. The van der Waals surface area contributed by atoms with E-state index in [1.165, 1.54) is 6.20 Å². The van der Waals surface area contributed by atoms with Crippen molar-refractivity contribution in [3.05, 3.63) is 28.7 Å². The summed E-state index contributed by atoms with van der Waals surface area (Å²) in [4.78, 5) is 19.3. The van der Waals surface area contributed by atoms with Crippen molar-refractivity contribution < 1.29 is 47.5 Å². The molecule has 45 heavy (non-hydrogen) atoms. The minimum Gasteiger partial charge on any atom is -0.393 e. The number of nitrogens with zero attached hydrogens (tertiary/aromatic N) is 9. The maximum absolute atomic E-state index is 15.4. The van der Waals surface area contributed by atoms with Crippen molar-refractivity contribution >= 4 is 34.8 Å². The molecule has 2 aliphatic rings. The fraction of sp³-hybridized carbons (Fsp3) is 0.500. The average Bonchev–Trinajstić information content (AvgIpc) is 3.74. The molecule has 0 amide bonds. The summed E-state index contributed by atoms with van der Waals surface area (Å²) in [6, 6.07) is 2.28. The van der Waals surface area contributed by atoms with Gasteiger partial charge in [0.25, 0.3) is 12.0 Å². The molecule has 0 unspecified atom stereocenters. The van der Waals surface area contributed by atoms with E-state index in [-0.39, 0.29) is 40.3 Å². The van der Waals surface area contributed by atoms with Crippen LogP contribution >= 0.6 is 0 Å². The lowest BCUT2D eigenvalue weighted by molar-refractivity contribution is -0.186. The number of nitrogen functional groups attached to an aromatic ring is 3. The van der Waals surface area contributed by atoms with Gasteiger partial charge in [-0.3, -0.25) is 0 Å². The highest BCUT2D eigenvalue weighted by Gasteiger charge is 2.62. The predicted molar refractivity (Wildman–Crippen MR) is 141 cm³/mol. The molecule has 6 rings (SSSR count). The van der Waals surface area contributed by atoms with E-state index in [2.05, 4.69) is 46.6 Å². The number of nitrogens with one attached hydrogen (secondary N) is 1. The van der Waals surface area contributed by atoms with Gasteiger partial charge in [-0.2, -0.15) is 9.97 Å². The molecule has 0 spiro atoms. The highest BCUT2D eigenvalue weighted by atomic mass is 19.3. The molecule has 4 aromatic rings. The topological polar surface area (TPSA) is 280 Å². The zero-order valence-corrected chi connectivity index (χ0v) is 22.5. The van der Waals surface area contributed by atoms with Crippen molar-refractivity contribution in [2.24, 2.45) is 0 Å². The minimum absolute atomic E-state index is 0.0286. The summed E-state index contributed by atoms with van der Waals surface area (Å²) in [5.41, 5.74) is 14.0. The summed E-state index contributed by atoms with van der Waals surface area (Å²) in [6.45, 7) is -2.40. The quantitative estimate of drug-likeness (QED) is 0.0829. The van der Waals surface area contributed by atoms with Gasteiger partial charge in [0.2, 0.25) is 5.95 Å². The monoisotopic (exact) mass is 642 g/mol. The summed E-state index contributed by atoms with van der Waals surface area (Å²) in [6.07, 6.45) is -13.7. The molecule has 11 N–H and O–H groups in total. The Bertz CT molecular complexity index is 1840. The van der Waals surface area contributed by atoms with Crippen LogP contribution in [0.15, 0.2) is 12.4 Å². The Hall–Kier alpha value is -4.73. The standard InChI is InChI=1S/C22H24F4N13O6/c23-8-10(6-1-30-16-14(27)33-19(29)36-38(6)16)44-21(4-40,12(8)42)3-32-35-20-34-15(28)17-31-2-7(39(17)37-20)11-9(24)13(43)22(5-41,45-11)18(25)26/h1-2,8-13,18,40-43H,4-5H2,(H4,27,29,33,36)(H3,28,34,35,37)/q+1/t8-,9-,10-,11-,12-,13-,21+,22+/m0/s1. The zero-order chi connectivity index (χ0) is 32.4. The number of rotatable bonds is 6. The van der Waals surface area contributed by atoms with Crippen LogP contribution in [0.5, 0.6) is 0 Å². The molecule has 4 aromatic heterocycles. The van der Waals surface area contributed by atoms with Crippen LogP contribution in [0.3, 0.4) is 0 Å². The van der Waals surface area contributed by atoms with Crippen LogP contribution in [-0.2, 0) is 9.47 Å². The largest absolute Gasteiger partial charge is 0.393 e. The molecule has 0 aliphatic carbocycles. The van der Waals surface area contributed by atoms with Gasteiger partial charge in [0.05, 0.1) is 41.9 Å². The van der Waals surface area contributed by atoms with Gasteiger partial charge in [-0.25, -0.2) is 36.6 Å². The molecule has 19 nitrogen and oxygen atoms in total. The number of fused-ring (bicyclic) bond motifs is 2. The lowest BCUT2D eigenvalue weighted by Gasteiger charge is -2.28. The first kappa shape index (κ1) is 30.3. The van der Waals surface area contributed by atoms with Crippen molar-refractivity contribution in [3.63, 3.8) is 0 Å². The summed E-state index contributed by atoms with van der Waals surface area (Å²) >= 11 is 0. The Morgan fingerprint density at radius 1 is 0.911 bits per heavy atom. The zero-order valence-electron chi connectivity index (χ0n) is 22.5. The Kier molecular flexibility index (Phi) is 7.21. The van der Waals surface area contributed by atoms with E-state index in [0.29, 0.717) is 0 Å². The molecule has 0 aromatic carbocycles. The lowest BCUT2D eigenvalue weighted by atomic mass is 9.96. The number of hydrogen-bond donors (Lipinski definition) is 8. The Labute approximate surface area is 247 Å². The van der Waals surface area contributed by atoms with Gasteiger partial charge in [0.1, 0.15) is 24.4 Å².